The number of nitrogens with zero attached hydrogens (tertiary/aromatic N) is 3. The Kier molecular flexibility index (Phi) is 4.59. The van der Waals surface area contributed by atoms with Crippen LogP contribution in [-0.2, 0) is 6.61 Å². The molecular weight excluding hydrogens is 246 g/mol. The van der Waals surface area contributed by atoms with Gasteiger partial charge in [0.15, 0.2) is 5.13 Å². The Hall–Kier alpha value is -0.650. The third kappa shape index (κ3) is 2.84. The molecule has 2 rings (SSSR count). The summed E-state index contributed by atoms with van der Waals surface area (Å²) in [6, 6.07) is 0. The number of hydrogen-bond acceptors (Lipinski definition) is 5. The average molecular weight is 269 g/mol. The van der Waals surface area contributed by atoms with Crippen molar-refractivity contribution >= 4 is 16.5 Å². The van der Waals surface area contributed by atoms with E-state index in [2.05, 4.69) is 30.6 Å². The van der Waals surface area contributed by atoms with Crippen molar-refractivity contribution in [2.45, 2.75) is 33.3 Å². The van der Waals surface area contributed by atoms with E-state index >= 15 is 0 Å². The smallest absolute Gasteiger partial charge is 0.185 e. The minimum atomic E-state index is 0.111. The number of thiazole rings is 1. The molecule has 1 saturated heterocycles. The minimum Gasteiger partial charge on any atom is -0.391 e. The third-order valence-electron chi connectivity index (χ3n) is 3.50. The van der Waals surface area contributed by atoms with E-state index in [0.717, 1.165) is 48.4 Å². The van der Waals surface area contributed by atoms with Crippen LogP contribution in [0.1, 0.15) is 37.3 Å². The first-order chi connectivity index (χ1) is 8.65. The molecule has 0 amide bonds. The van der Waals surface area contributed by atoms with E-state index in [1.807, 2.05) is 0 Å². The molecule has 0 radical (unpaired) electrons. The zero-order chi connectivity index (χ0) is 13.1. The normalized spacial score (nSPS) is 17.7. The molecule has 5 heteroatoms. The fourth-order valence-electron chi connectivity index (χ4n) is 2.31. The molecule has 0 aliphatic carbocycles. The summed E-state index contributed by atoms with van der Waals surface area (Å²) < 4.78 is 0. The quantitative estimate of drug-likeness (QED) is 0.906. The monoisotopic (exact) mass is 269 g/mol. The van der Waals surface area contributed by atoms with Crippen LogP contribution in [0.2, 0.25) is 0 Å². The molecule has 1 aliphatic rings. The average Bonchev–Trinajstić information content (AvgIpc) is 2.83. The predicted molar refractivity (Wildman–Crippen MR) is 76.5 cm³/mol. The van der Waals surface area contributed by atoms with Gasteiger partial charge in [-0.15, -0.1) is 0 Å². The summed E-state index contributed by atoms with van der Waals surface area (Å²) in [5, 5.41) is 10.5. The maximum Gasteiger partial charge on any atom is 0.185 e. The van der Waals surface area contributed by atoms with Crippen LogP contribution in [0, 0.1) is 0 Å². The molecule has 0 bridgehead atoms. The topological polar surface area (TPSA) is 39.6 Å². The summed E-state index contributed by atoms with van der Waals surface area (Å²) in [6.45, 7) is 12.0. The van der Waals surface area contributed by atoms with Crippen LogP contribution in [0.25, 0.3) is 0 Å². The van der Waals surface area contributed by atoms with Crippen LogP contribution in [0.5, 0.6) is 0 Å². The summed E-state index contributed by atoms with van der Waals surface area (Å²) >= 11 is 1.65. The van der Waals surface area contributed by atoms with Crippen molar-refractivity contribution in [3.8, 4) is 0 Å². The largest absolute Gasteiger partial charge is 0.391 e. The number of anilines is 1. The van der Waals surface area contributed by atoms with E-state index in [1.165, 1.54) is 0 Å². The van der Waals surface area contributed by atoms with Crippen molar-refractivity contribution in [3.63, 3.8) is 0 Å². The van der Waals surface area contributed by atoms with E-state index in [-0.39, 0.29) is 6.61 Å². The molecule has 102 valence electrons. The van der Waals surface area contributed by atoms with Crippen molar-refractivity contribution in [2.75, 3.05) is 37.6 Å². The fraction of sp³-hybridized carbons (Fsp3) is 0.769. The Morgan fingerprint density at radius 1 is 1.28 bits per heavy atom. The summed E-state index contributed by atoms with van der Waals surface area (Å²) in [6.07, 6.45) is 0. The van der Waals surface area contributed by atoms with E-state index < -0.39 is 0 Å². The second-order valence-corrected chi connectivity index (χ2v) is 6.10. The highest BCUT2D eigenvalue weighted by molar-refractivity contribution is 7.15. The molecule has 18 heavy (non-hydrogen) atoms. The van der Waals surface area contributed by atoms with Crippen molar-refractivity contribution < 1.29 is 5.11 Å². The van der Waals surface area contributed by atoms with Gasteiger partial charge in [0, 0.05) is 26.2 Å². The molecule has 1 aromatic rings. The molecule has 2 heterocycles. The second-order valence-electron chi connectivity index (χ2n) is 5.04. The highest BCUT2D eigenvalue weighted by atomic mass is 32.1. The lowest BCUT2D eigenvalue weighted by molar-refractivity contribution is 0.271. The number of likely N-dealkylation sites (N-methyl/N-ethyl adjacent to an activating group) is 1. The molecule has 0 atom stereocenters. The first-order valence-electron chi connectivity index (χ1n) is 6.73. The molecule has 1 aromatic heterocycles. The Balaban J connectivity index is 2.10. The van der Waals surface area contributed by atoms with Gasteiger partial charge in [-0.25, -0.2) is 4.98 Å². The van der Waals surface area contributed by atoms with Gasteiger partial charge >= 0.3 is 0 Å². The summed E-state index contributed by atoms with van der Waals surface area (Å²) in [5.74, 6) is 0.383. The molecular formula is C13H23N3OS. The summed E-state index contributed by atoms with van der Waals surface area (Å²) in [4.78, 5) is 10.6. The maximum absolute atomic E-state index is 9.40. The van der Waals surface area contributed by atoms with Gasteiger partial charge in [-0.05, 0) is 12.5 Å². The Morgan fingerprint density at radius 3 is 2.39 bits per heavy atom. The predicted octanol–water partition coefficient (Wildman–Crippen LogP) is 1.90. The molecule has 4 nitrogen and oxygen atoms in total. The number of aliphatic hydroxyl groups is 1. The summed E-state index contributed by atoms with van der Waals surface area (Å²) in [5.41, 5.74) is 1.07. The van der Waals surface area contributed by atoms with E-state index in [9.17, 15) is 5.11 Å². The lowest BCUT2D eigenvalue weighted by Gasteiger charge is -2.33. The van der Waals surface area contributed by atoms with Crippen molar-refractivity contribution in [1.29, 1.82) is 0 Å². The van der Waals surface area contributed by atoms with E-state index in [4.69, 9.17) is 4.98 Å². The van der Waals surface area contributed by atoms with Crippen LogP contribution in [-0.4, -0.2) is 47.7 Å². The van der Waals surface area contributed by atoms with Crippen molar-refractivity contribution in [2.24, 2.45) is 0 Å². The third-order valence-corrected chi connectivity index (χ3v) is 4.61. The van der Waals surface area contributed by atoms with Gasteiger partial charge in [0.1, 0.15) is 0 Å². The number of piperazine rings is 1. The molecule has 1 N–H and O–H groups in total. The number of aliphatic hydroxyl groups excluding tert-OH is 1. The van der Waals surface area contributed by atoms with Crippen LogP contribution >= 0.6 is 11.3 Å². The van der Waals surface area contributed by atoms with Crippen molar-refractivity contribution in [1.82, 2.24) is 9.88 Å². The number of hydrogen-bond donors (Lipinski definition) is 1. The lowest BCUT2D eigenvalue weighted by atomic mass is 10.1. The van der Waals surface area contributed by atoms with Gasteiger partial charge in [-0.3, -0.25) is 0 Å². The van der Waals surface area contributed by atoms with E-state index in [0.29, 0.717) is 5.92 Å². The lowest BCUT2D eigenvalue weighted by Crippen LogP contribution is -2.46. The first-order valence-corrected chi connectivity index (χ1v) is 7.55. The number of rotatable bonds is 4. The second kappa shape index (κ2) is 5.99. The van der Waals surface area contributed by atoms with Crippen LogP contribution in [0.3, 0.4) is 0 Å². The summed E-state index contributed by atoms with van der Waals surface area (Å²) in [7, 11) is 0. The van der Waals surface area contributed by atoms with Crippen LogP contribution < -0.4 is 4.90 Å². The fourth-order valence-corrected chi connectivity index (χ4v) is 3.43. The van der Waals surface area contributed by atoms with Gasteiger partial charge in [-0.1, -0.05) is 32.1 Å². The highest BCUT2D eigenvalue weighted by Crippen LogP contribution is 2.31. The Labute approximate surface area is 113 Å². The molecule has 1 fully saturated rings. The highest BCUT2D eigenvalue weighted by Gasteiger charge is 2.21. The van der Waals surface area contributed by atoms with Gasteiger partial charge < -0.3 is 14.9 Å². The molecule has 0 aromatic carbocycles. The van der Waals surface area contributed by atoms with Crippen LogP contribution in [0.15, 0.2) is 0 Å². The van der Waals surface area contributed by atoms with Crippen LogP contribution in [0.4, 0.5) is 5.13 Å². The van der Waals surface area contributed by atoms with Crippen molar-refractivity contribution in [3.05, 3.63) is 10.6 Å². The first kappa shape index (κ1) is 13.8. The SMILES string of the molecule is CCN1CCN(c2nc(C(C)C)c(CO)s2)CC1. The standard InChI is InChI=1S/C13H23N3OS/c1-4-15-5-7-16(8-6-15)13-14-12(10(2)3)11(9-17)18-13/h10,17H,4-9H2,1-3H3. The van der Waals surface area contributed by atoms with Gasteiger partial charge in [-0.2, -0.15) is 0 Å². The van der Waals surface area contributed by atoms with Gasteiger partial charge in [0.2, 0.25) is 0 Å². The van der Waals surface area contributed by atoms with Gasteiger partial charge in [0.05, 0.1) is 17.2 Å². The Bertz CT molecular complexity index is 384. The Morgan fingerprint density at radius 2 is 1.94 bits per heavy atom. The molecule has 0 unspecified atom stereocenters. The molecule has 0 spiro atoms. The molecule has 1 aliphatic heterocycles. The minimum absolute atomic E-state index is 0.111. The zero-order valence-corrected chi connectivity index (χ0v) is 12.3. The van der Waals surface area contributed by atoms with E-state index in [1.54, 1.807) is 11.3 Å². The number of aromatic nitrogens is 1. The maximum atomic E-state index is 9.40. The molecule has 0 saturated carbocycles. The zero-order valence-electron chi connectivity index (χ0n) is 11.5. The van der Waals surface area contributed by atoms with Gasteiger partial charge in [0.25, 0.3) is 0 Å².